The van der Waals surface area contributed by atoms with Crippen LogP contribution in [0.25, 0.3) is 0 Å². The van der Waals surface area contributed by atoms with E-state index in [4.69, 9.17) is 4.74 Å². The molecule has 1 atom stereocenters. The number of amides is 1. The number of likely N-dealkylation sites (tertiary alicyclic amines) is 1. The fourth-order valence-electron chi connectivity index (χ4n) is 2.65. The smallest absolute Gasteiger partial charge is 0.310 e. The molecule has 1 aromatic rings. The lowest BCUT2D eigenvalue weighted by molar-refractivity contribution is -0.149. The summed E-state index contributed by atoms with van der Waals surface area (Å²) in [5.74, 6) is -0.394. The Morgan fingerprint density at radius 3 is 2.86 bits per heavy atom. The van der Waals surface area contributed by atoms with Crippen LogP contribution in [0.4, 0.5) is 0 Å². The molecule has 1 fully saturated rings. The monoisotopic (exact) mass is 353 g/mol. The lowest BCUT2D eigenvalue weighted by Gasteiger charge is -2.32. The molecular formula is C16H20BrNO3. The Bertz CT molecular complexity index is 544. The number of hydrogen-bond donors (Lipinski definition) is 0. The molecule has 0 aromatic heterocycles. The first-order valence-corrected chi connectivity index (χ1v) is 8.04. The van der Waals surface area contributed by atoms with Crippen LogP contribution in [-0.4, -0.2) is 36.5 Å². The number of piperidine rings is 1. The predicted molar refractivity (Wildman–Crippen MR) is 84.1 cm³/mol. The minimum Gasteiger partial charge on any atom is -0.466 e. The number of carbonyl (C=O) groups is 2. The second-order valence-corrected chi connectivity index (χ2v) is 6.22. The summed E-state index contributed by atoms with van der Waals surface area (Å²) in [5, 5.41) is 0. The number of nitrogens with zero attached hydrogens (tertiary/aromatic N) is 1. The molecule has 0 radical (unpaired) electrons. The van der Waals surface area contributed by atoms with Crippen molar-refractivity contribution >= 4 is 27.8 Å². The summed E-state index contributed by atoms with van der Waals surface area (Å²) in [6.45, 7) is 5.26. The van der Waals surface area contributed by atoms with Gasteiger partial charge >= 0.3 is 5.97 Å². The molecule has 0 aliphatic carbocycles. The third kappa shape index (κ3) is 3.84. The Balaban J connectivity index is 2.10. The number of hydrogen-bond acceptors (Lipinski definition) is 3. The van der Waals surface area contributed by atoms with Crippen LogP contribution in [0, 0.1) is 12.8 Å². The topological polar surface area (TPSA) is 46.6 Å². The minimum absolute atomic E-state index is 0.00556. The van der Waals surface area contributed by atoms with Crippen LogP contribution in [0.1, 0.15) is 35.7 Å². The van der Waals surface area contributed by atoms with Crippen molar-refractivity contribution in [1.82, 2.24) is 4.90 Å². The van der Waals surface area contributed by atoms with Gasteiger partial charge in [0.1, 0.15) is 0 Å². The number of halogens is 1. The highest BCUT2D eigenvalue weighted by molar-refractivity contribution is 9.10. The van der Waals surface area contributed by atoms with Crippen LogP contribution in [0.2, 0.25) is 0 Å². The highest BCUT2D eigenvalue weighted by Crippen LogP contribution is 2.22. The molecule has 0 saturated carbocycles. The molecule has 114 valence electrons. The van der Waals surface area contributed by atoms with Crippen molar-refractivity contribution in [2.45, 2.75) is 26.7 Å². The third-order valence-electron chi connectivity index (χ3n) is 3.75. The van der Waals surface area contributed by atoms with Gasteiger partial charge in [0.15, 0.2) is 0 Å². The van der Waals surface area contributed by atoms with Gasteiger partial charge in [0.25, 0.3) is 5.91 Å². The van der Waals surface area contributed by atoms with Crippen molar-refractivity contribution in [2.24, 2.45) is 5.92 Å². The summed E-state index contributed by atoms with van der Waals surface area (Å²) in [5.41, 5.74) is 1.63. The van der Waals surface area contributed by atoms with Gasteiger partial charge in [0, 0.05) is 23.1 Å². The quantitative estimate of drug-likeness (QED) is 0.784. The van der Waals surface area contributed by atoms with E-state index in [0.29, 0.717) is 25.3 Å². The van der Waals surface area contributed by atoms with E-state index in [-0.39, 0.29) is 17.8 Å². The lowest BCUT2D eigenvalue weighted by atomic mass is 9.97. The fourth-order valence-corrected chi connectivity index (χ4v) is 3.13. The number of ether oxygens (including phenoxy) is 1. The van der Waals surface area contributed by atoms with Gasteiger partial charge in [-0.3, -0.25) is 9.59 Å². The molecule has 1 aliphatic rings. The normalized spacial score (nSPS) is 18.4. The zero-order valence-electron chi connectivity index (χ0n) is 12.4. The van der Waals surface area contributed by atoms with Gasteiger partial charge in [0.2, 0.25) is 0 Å². The largest absolute Gasteiger partial charge is 0.466 e. The van der Waals surface area contributed by atoms with Crippen molar-refractivity contribution < 1.29 is 14.3 Å². The average Bonchev–Trinajstić information content (AvgIpc) is 2.47. The first-order valence-electron chi connectivity index (χ1n) is 7.25. The summed E-state index contributed by atoms with van der Waals surface area (Å²) in [4.78, 5) is 26.2. The van der Waals surface area contributed by atoms with E-state index in [2.05, 4.69) is 15.9 Å². The number of esters is 1. The second kappa shape index (κ2) is 7.07. The molecule has 5 heteroatoms. The molecular weight excluding hydrogens is 334 g/mol. The number of aryl methyl sites for hydroxylation is 1. The zero-order chi connectivity index (χ0) is 15.4. The number of benzene rings is 1. The first kappa shape index (κ1) is 16.0. The first-order chi connectivity index (χ1) is 10.0. The standard InChI is InChI=1S/C16H20BrNO3/c1-3-21-16(20)12-5-4-8-18(10-12)15(19)14-7-6-13(17)9-11(14)2/h6-7,9,12H,3-5,8,10H2,1-2H3. The van der Waals surface area contributed by atoms with E-state index in [1.807, 2.05) is 25.1 Å². The van der Waals surface area contributed by atoms with Crippen LogP contribution >= 0.6 is 15.9 Å². The summed E-state index contributed by atoms with van der Waals surface area (Å²) in [7, 11) is 0. The molecule has 4 nitrogen and oxygen atoms in total. The van der Waals surface area contributed by atoms with E-state index >= 15 is 0 Å². The van der Waals surface area contributed by atoms with Gasteiger partial charge in [-0.05, 0) is 50.5 Å². The SMILES string of the molecule is CCOC(=O)C1CCCN(C(=O)c2ccc(Br)cc2C)C1. The summed E-state index contributed by atoms with van der Waals surface area (Å²) in [6.07, 6.45) is 1.63. The summed E-state index contributed by atoms with van der Waals surface area (Å²) in [6, 6.07) is 5.63. The maximum Gasteiger partial charge on any atom is 0.310 e. The Hall–Kier alpha value is -1.36. The molecule has 1 unspecified atom stereocenters. The van der Waals surface area contributed by atoms with Gasteiger partial charge in [-0.25, -0.2) is 0 Å². The van der Waals surface area contributed by atoms with Gasteiger partial charge < -0.3 is 9.64 Å². The fraction of sp³-hybridized carbons (Fsp3) is 0.500. The van der Waals surface area contributed by atoms with Crippen molar-refractivity contribution in [1.29, 1.82) is 0 Å². The summed E-state index contributed by atoms with van der Waals surface area (Å²) < 4.78 is 6.03. The molecule has 1 heterocycles. The van der Waals surface area contributed by atoms with Crippen molar-refractivity contribution in [3.8, 4) is 0 Å². The van der Waals surface area contributed by atoms with E-state index in [0.717, 1.165) is 22.9 Å². The Kier molecular flexibility index (Phi) is 5.39. The van der Waals surface area contributed by atoms with Crippen LogP contribution in [0.15, 0.2) is 22.7 Å². The van der Waals surface area contributed by atoms with Crippen molar-refractivity contribution in [3.63, 3.8) is 0 Å². The molecule has 1 saturated heterocycles. The molecule has 21 heavy (non-hydrogen) atoms. The van der Waals surface area contributed by atoms with Crippen molar-refractivity contribution in [3.05, 3.63) is 33.8 Å². The van der Waals surface area contributed by atoms with Gasteiger partial charge in [-0.15, -0.1) is 0 Å². The average molecular weight is 354 g/mol. The molecule has 2 rings (SSSR count). The third-order valence-corrected chi connectivity index (χ3v) is 4.24. The lowest BCUT2D eigenvalue weighted by Crippen LogP contribution is -2.43. The van der Waals surface area contributed by atoms with Crippen molar-refractivity contribution in [2.75, 3.05) is 19.7 Å². The molecule has 0 N–H and O–H groups in total. The van der Waals surface area contributed by atoms with Crippen LogP contribution < -0.4 is 0 Å². The van der Waals surface area contributed by atoms with Gasteiger partial charge in [-0.1, -0.05) is 15.9 Å². The molecule has 1 amide bonds. The van der Waals surface area contributed by atoms with E-state index in [9.17, 15) is 9.59 Å². The molecule has 0 bridgehead atoms. The van der Waals surface area contributed by atoms with E-state index in [1.165, 1.54) is 0 Å². The van der Waals surface area contributed by atoms with Gasteiger partial charge in [0.05, 0.1) is 12.5 Å². The highest BCUT2D eigenvalue weighted by Gasteiger charge is 2.30. The summed E-state index contributed by atoms with van der Waals surface area (Å²) >= 11 is 3.40. The zero-order valence-corrected chi connectivity index (χ0v) is 14.0. The molecule has 1 aliphatic heterocycles. The highest BCUT2D eigenvalue weighted by atomic mass is 79.9. The second-order valence-electron chi connectivity index (χ2n) is 5.30. The Morgan fingerprint density at radius 2 is 2.19 bits per heavy atom. The Morgan fingerprint density at radius 1 is 1.43 bits per heavy atom. The van der Waals surface area contributed by atoms with Crippen LogP contribution in [0.5, 0.6) is 0 Å². The maximum atomic E-state index is 12.6. The van der Waals surface area contributed by atoms with Crippen LogP contribution in [0.3, 0.4) is 0 Å². The molecule has 0 spiro atoms. The number of rotatable bonds is 3. The Labute approximate surface area is 133 Å². The maximum absolute atomic E-state index is 12.6. The van der Waals surface area contributed by atoms with E-state index in [1.54, 1.807) is 11.8 Å². The predicted octanol–water partition coefficient (Wildman–Crippen LogP) is 3.17. The molecule has 1 aromatic carbocycles. The van der Waals surface area contributed by atoms with E-state index < -0.39 is 0 Å². The van der Waals surface area contributed by atoms with Crippen LogP contribution in [-0.2, 0) is 9.53 Å². The number of carbonyl (C=O) groups excluding carboxylic acids is 2. The van der Waals surface area contributed by atoms with Gasteiger partial charge in [-0.2, -0.15) is 0 Å². The minimum atomic E-state index is -0.196.